The lowest BCUT2D eigenvalue weighted by Gasteiger charge is -2.34. The molecule has 4 rings (SSSR count). The molecule has 148 valence electrons. The summed E-state index contributed by atoms with van der Waals surface area (Å²) < 4.78 is 41.0. The highest BCUT2D eigenvalue weighted by Gasteiger charge is 2.33. The number of fused-ring (bicyclic) bond motifs is 1. The Morgan fingerprint density at radius 2 is 1.71 bits per heavy atom. The van der Waals surface area contributed by atoms with Gasteiger partial charge in [0.05, 0.1) is 11.3 Å². The summed E-state index contributed by atoms with van der Waals surface area (Å²) in [5.74, 6) is 0. The predicted molar refractivity (Wildman–Crippen MR) is 101 cm³/mol. The molecule has 5 nitrogen and oxygen atoms in total. The van der Waals surface area contributed by atoms with Crippen LogP contribution in [0.4, 0.5) is 13.2 Å². The molecule has 1 saturated heterocycles. The van der Waals surface area contributed by atoms with Crippen molar-refractivity contribution in [1.29, 1.82) is 0 Å². The average Bonchev–Trinajstić information content (AvgIpc) is 3.12. The molecule has 1 aliphatic heterocycles. The minimum Gasteiger partial charge on any atom is -0.297 e. The summed E-state index contributed by atoms with van der Waals surface area (Å²) in [5.41, 5.74) is 0.375. The zero-order valence-electron chi connectivity index (χ0n) is 15.0. The van der Waals surface area contributed by atoms with E-state index in [2.05, 4.69) is 9.88 Å². The first-order valence-corrected chi connectivity index (χ1v) is 9.84. The molecule has 9 heteroatoms. The highest BCUT2D eigenvalue weighted by Crippen LogP contribution is 2.32. The van der Waals surface area contributed by atoms with E-state index in [1.54, 1.807) is 24.4 Å². The molecule has 0 N–H and O–H groups in total. The summed E-state index contributed by atoms with van der Waals surface area (Å²) in [6.45, 7) is 3.64. The predicted octanol–water partition coefficient (Wildman–Crippen LogP) is 3.09. The molecule has 0 aliphatic carbocycles. The molecule has 0 unspecified atom stereocenters. The van der Waals surface area contributed by atoms with Gasteiger partial charge in [-0.1, -0.05) is 18.2 Å². The lowest BCUT2D eigenvalue weighted by atomic mass is 10.1. The van der Waals surface area contributed by atoms with Crippen LogP contribution in [-0.2, 0) is 19.3 Å². The molecule has 0 bridgehead atoms. The van der Waals surface area contributed by atoms with Gasteiger partial charge < -0.3 is 0 Å². The molecule has 3 heterocycles. The van der Waals surface area contributed by atoms with Crippen LogP contribution in [0.1, 0.15) is 16.8 Å². The lowest BCUT2D eigenvalue weighted by Crippen LogP contribution is -2.45. The normalized spacial score (nSPS) is 16.7. The summed E-state index contributed by atoms with van der Waals surface area (Å²) in [6, 6.07) is 7.29. The number of hydrogen-bond acceptors (Lipinski definition) is 5. The van der Waals surface area contributed by atoms with E-state index in [0.29, 0.717) is 30.2 Å². The molecule has 1 aliphatic rings. The Balaban J connectivity index is 1.38. The van der Waals surface area contributed by atoms with Crippen molar-refractivity contribution in [1.82, 2.24) is 19.2 Å². The Morgan fingerprint density at radius 3 is 2.43 bits per heavy atom. The summed E-state index contributed by atoms with van der Waals surface area (Å²) in [5, 5.41) is 1.82. The zero-order chi connectivity index (χ0) is 19.7. The Kier molecular flexibility index (Phi) is 5.22. The second kappa shape index (κ2) is 7.65. The monoisotopic (exact) mass is 408 g/mol. The molecular formula is C19H19F3N4OS. The van der Waals surface area contributed by atoms with Gasteiger partial charge in [0.25, 0.3) is 5.56 Å². The van der Waals surface area contributed by atoms with E-state index >= 15 is 0 Å². The zero-order valence-corrected chi connectivity index (χ0v) is 15.8. The van der Waals surface area contributed by atoms with Gasteiger partial charge in [-0.05, 0) is 11.6 Å². The summed E-state index contributed by atoms with van der Waals surface area (Å²) in [6.07, 6.45) is -2.63. The quantitative estimate of drug-likeness (QED) is 0.665. The fourth-order valence-corrected chi connectivity index (χ4v) is 4.22. The number of rotatable bonds is 4. The van der Waals surface area contributed by atoms with Gasteiger partial charge in [0.15, 0.2) is 4.96 Å². The van der Waals surface area contributed by atoms with Crippen molar-refractivity contribution in [2.75, 3.05) is 26.2 Å². The number of thiazole rings is 1. The lowest BCUT2D eigenvalue weighted by molar-refractivity contribution is -0.138. The van der Waals surface area contributed by atoms with E-state index < -0.39 is 11.7 Å². The van der Waals surface area contributed by atoms with Gasteiger partial charge in [0, 0.05) is 56.9 Å². The van der Waals surface area contributed by atoms with Gasteiger partial charge >= 0.3 is 6.18 Å². The van der Waals surface area contributed by atoms with Crippen molar-refractivity contribution in [3.05, 3.63) is 69.1 Å². The standard InChI is InChI=1S/C19H19F3N4OS/c20-19(21,22)16-4-2-1-3-14(16)12-24-5-7-25(8-6-24)13-15-11-17(27)26-9-10-28-18(26)23-15/h1-4,9-11H,5-8,12-13H2. The third kappa shape index (κ3) is 4.11. The van der Waals surface area contributed by atoms with Gasteiger partial charge in [-0.15, -0.1) is 11.3 Å². The van der Waals surface area contributed by atoms with Crippen molar-refractivity contribution in [3.8, 4) is 0 Å². The van der Waals surface area contributed by atoms with Crippen molar-refractivity contribution in [2.24, 2.45) is 0 Å². The molecule has 0 spiro atoms. The highest BCUT2D eigenvalue weighted by atomic mass is 32.1. The third-order valence-corrected chi connectivity index (χ3v) is 5.68. The van der Waals surface area contributed by atoms with Crippen molar-refractivity contribution < 1.29 is 13.2 Å². The second-order valence-corrected chi connectivity index (χ2v) is 7.72. The number of alkyl halides is 3. The number of hydrogen-bond donors (Lipinski definition) is 0. The SMILES string of the molecule is O=c1cc(CN2CCN(Cc3ccccc3C(F)(F)F)CC2)nc2sccn12. The Bertz CT molecular complexity index is 1020. The van der Waals surface area contributed by atoms with E-state index in [0.717, 1.165) is 24.8 Å². The first-order chi connectivity index (χ1) is 13.4. The van der Waals surface area contributed by atoms with E-state index in [-0.39, 0.29) is 12.1 Å². The van der Waals surface area contributed by atoms with Crippen molar-refractivity contribution in [2.45, 2.75) is 19.3 Å². The topological polar surface area (TPSA) is 40.9 Å². The van der Waals surface area contributed by atoms with Gasteiger partial charge in [-0.2, -0.15) is 13.2 Å². The van der Waals surface area contributed by atoms with Crippen LogP contribution in [0.2, 0.25) is 0 Å². The maximum atomic E-state index is 13.2. The molecule has 3 aromatic rings. The molecule has 0 radical (unpaired) electrons. The highest BCUT2D eigenvalue weighted by molar-refractivity contribution is 7.15. The molecular weight excluding hydrogens is 389 g/mol. The maximum Gasteiger partial charge on any atom is 0.416 e. The van der Waals surface area contributed by atoms with Gasteiger partial charge in [0.2, 0.25) is 0 Å². The van der Waals surface area contributed by atoms with Crippen molar-refractivity contribution in [3.63, 3.8) is 0 Å². The van der Waals surface area contributed by atoms with E-state index in [1.165, 1.54) is 21.8 Å². The van der Waals surface area contributed by atoms with E-state index in [4.69, 9.17) is 0 Å². The molecule has 2 aromatic heterocycles. The molecule has 1 aromatic carbocycles. The smallest absolute Gasteiger partial charge is 0.297 e. The third-order valence-electron chi connectivity index (χ3n) is 4.92. The van der Waals surface area contributed by atoms with E-state index in [9.17, 15) is 18.0 Å². The number of nitrogens with zero attached hydrogens (tertiary/aromatic N) is 4. The van der Waals surface area contributed by atoms with Gasteiger partial charge in [0.1, 0.15) is 0 Å². The van der Waals surface area contributed by atoms with Crippen LogP contribution in [0.25, 0.3) is 4.96 Å². The fraction of sp³-hybridized carbons (Fsp3) is 0.368. The summed E-state index contributed by atoms with van der Waals surface area (Å²) >= 11 is 1.42. The number of aromatic nitrogens is 2. The molecule has 0 saturated carbocycles. The number of benzene rings is 1. The average molecular weight is 408 g/mol. The minimum atomic E-state index is -4.33. The Labute approximate surface area is 163 Å². The van der Waals surface area contributed by atoms with Crippen LogP contribution in [0, 0.1) is 0 Å². The van der Waals surface area contributed by atoms with Crippen molar-refractivity contribution >= 4 is 16.3 Å². The largest absolute Gasteiger partial charge is 0.416 e. The molecule has 0 amide bonds. The van der Waals surface area contributed by atoms with Crippen LogP contribution < -0.4 is 5.56 Å². The molecule has 1 fully saturated rings. The molecule has 28 heavy (non-hydrogen) atoms. The van der Waals surface area contributed by atoms with Crippen LogP contribution in [0.3, 0.4) is 0 Å². The molecule has 0 atom stereocenters. The van der Waals surface area contributed by atoms with Crippen LogP contribution >= 0.6 is 11.3 Å². The number of piperazine rings is 1. The maximum absolute atomic E-state index is 13.2. The van der Waals surface area contributed by atoms with Crippen LogP contribution in [0.15, 0.2) is 46.7 Å². The first-order valence-electron chi connectivity index (χ1n) is 8.96. The van der Waals surface area contributed by atoms with E-state index in [1.807, 2.05) is 10.3 Å². The minimum absolute atomic E-state index is 0.0938. The second-order valence-electron chi connectivity index (χ2n) is 6.85. The van der Waals surface area contributed by atoms with Gasteiger partial charge in [-0.25, -0.2) is 4.98 Å². The summed E-state index contributed by atoms with van der Waals surface area (Å²) in [7, 11) is 0. The fourth-order valence-electron chi connectivity index (χ4n) is 3.48. The first kappa shape index (κ1) is 19.1. The summed E-state index contributed by atoms with van der Waals surface area (Å²) in [4.78, 5) is 21.5. The number of halogens is 3. The van der Waals surface area contributed by atoms with Gasteiger partial charge in [-0.3, -0.25) is 19.0 Å². The Morgan fingerprint density at radius 1 is 1.04 bits per heavy atom. The van der Waals surface area contributed by atoms with Crippen LogP contribution in [-0.4, -0.2) is 45.4 Å². The van der Waals surface area contributed by atoms with Crippen LogP contribution in [0.5, 0.6) is 0 Å². The Hall–Kier alpha value is -2.23.